The van der Waals surface area contributed by atoms with Crippen LogP contribution in [-0.2, 0) is 0 Å². The molecule has 1 aromatic carbocycles. The first-order valence-electron chi connectivity index (χ1n) is 6.74. The minimum absolute atomic E-state index is 0.540. The summed E-state index contributed by atoms with van der Waals surface area (Å²) in [6, 6.07) is 10.7. The van der Waals surface area contributed by atoms with Gasteiger partial charge in [-0.15, -0.1) is 0 Å². The quantitative estimate of drug-likeness (QED) is 0.872. The molecule has 94 valence electrons. The highest BCUT2D eigenvalue weighted by Crippen LogP contribution is 2.31. The van der Waals surface area contributed by atoms with Gasteiger partial charge in [-0.2, -0.15) is 5.10 Å². The Morgan fingerprint density at radius 2 is 1.78 bits per heavy atom. The SMILES string of the molecule is Nc1cn(C2CCCCC2)nc1-c1ccccc1. The summed E-state index contributed by atoms with van der Waals surface area (Å²) >= 11 is 0. The van der Waals surface area contributed by atoms with Gasteiger partial charge in [0.05, 0.1) is 11.7 Å². The summed E-state index contributed by atoms with van der Waals surface area (Å²) in [5.74, 6) is 0. The Morgan fingerprint density at radius 3 is 2.50 bits per heavy atom. The fraction of sp³-hybridized carbons (Fsp3) is 0.400. The van der Waals surface area contributed by atoms with E-state index in [9.17, 15) is 0 Å². The maximum atomic E-state index is 6.10. The van der Waals surface area contributed by atoms with Gasteiger partial charge in [-0.3, -0.25) is 4.68 Å². The lowest BCUT2D eigenvalue weighted by atomic mass is 9.96. The summed E-state index contributed by atoms with van der Waals surface area (Å²) in [6.45, 7) is 0. The van der Waals surface area contributed by atoms with Gasteiger partial charge in [-0.1, -0.05) is 49.6 Å². The first kappa shape index (κ1) is 11.3. The van der Waals surface area contributed by atoms with E-state index < -0.39 is 0 Å². The monoisotopic (exact) mass is 241 g/mol. The molecule has 0 unspecified atom stereocenters. The molecular formula is C15H19N3. The first-order chi connectivity index (χ1) is 8.84. The van der Waals surface area contributed by atoms with E-state index in [1.54, 1.807) is 0 Å². The number of hydrogen-bond donors (Lipinski definition) is 1. The average Bonchev–Trinajstić information content (AvgIpc) is 2.83. The third-order valence-corrected chi connectivity index (χ3v) is 3.76. The molecule has 0 spiro atoms. The highest BCUT2D eigenvalue weighted by molar-refractivity contribution is 5.71. The zero-order valence-electron chi connectivity index (χ0n) is 10.5. The molecule has 3 rings (SSSR count). The van der Waals surface area contributed by atoms with Gasteiger partial charge < -0.3 is 5.73 Å². The van der Waals surface area contributed by atoms with E-state index in [-0.39, 0.29) is 0 Å². The van der Waals surface area contributed by atoms with Crippen LogP contribution in [0.2, 0.25) is 0 Å². The van der Waals surface area contributed by atoms with Crippen molar-refractivity contribution in [3.8, 4) is 11.3 Å². The Kier molecular flexibility index (Phi) is 3.05. The third-order valence-electron chi connectivity index (χ3n) is 3.76. The summed E-state index contributed by atoms with van der Waals surface area (Å²) in [4.78, 5) is 0. The lowest BCUT2D eigenvalue weighted by Gasteiger charge is -2.21. The van der Waals surface area contributed by atoms with E-state index in [0.29, 0.717) is 6.04 Å². The fourth-order valence-corrected chi connectivity index (χ4v) is 2.76. The molecule has 1 heterocycles. The van der Waals surface area contributed by atoms with Crippen molar-refractivity contribution < 1.29 is 0 Å². The molecule has 0 atom stereocenters. The second kappa shape index (κ2) is 4.84. The third kappa shape index (κ3) is 2.13. The van der Waals surface area contributed by atoms with Crippen molar-refractivity contribution >= 4 is 5.69 Å². The lowest BCUT2D eigenvalue weighted by molar-refractivity contribution is 0.330. The van der Waals surface area contributed by atoms with Crippen molar-refractivity contribution in [3.63, 3.8) is 0 Å². The highest BCUT2D eigenvalue weighted by atomic mass is 15.3. The first-order valence-corrected chi connectivity index (χ1v) is 6.74. The topological polar surface area (TPSA) is 43.8 Å². The number of aromatic nitrogens is 2. The van der Waals surface area contributed by atoms with Gasteiger partial charge in [-0.25, -0.2) is 0 Å². The van der Waals surface area contributed by atoms with Crippen molar-refractivity contribution in [1.82, 2.24) is 9.78 Å². The Labute approximate surface area is 108 Å². The summed E-state index contributed by atoms with van der Waals surface area (Å²) < 4.78 is 2.08. The Bertz CT molecular complexity index is 510. The molecule has 2 N–H and O–H groups in total. The van der Waals surface area contributed by atoms with Crippen molar-refractivity contribution in [2.24, 2.45) is 0 Å². The van der Waals surface area contributed by atoms with Gasteiger partial charge in [0.15, 0.2) is 0 Å². The predicted octanol–water partition coefficient (Wildman–Crippen LogP) is 3.64. The van der Waals surface area contributed by atoms with E-state index in [4.69, 9.17) is 10.8 Å². The molecule has 0 saturated heterocycles. The van der Waals surface area contributed by atoms with Crippen LogP contribution in [0.25, 0.3) is 11.3 Å². The van der Waals surface area contributed by atoms with Gasteiger partial charge in [0.2, 0.25) is 0 Å². The number of rotatable bonds is 2. The van der Waals surface area contributed by atoms with Crippen LogP contribution in [0.3, 0.4) is 0 Å². The molecule has 1 aromatic heterocycles. The second-order valence-corrected chi connectivity index (χ2v) is 5.07. The number of nitrogen functional groups attached to an aromatic ring is 1. The van der Waals surface area contributed by atoms with Crippen LogP contribution in [0.1, 0.15) is 38.1 Å². The minimum atomic E-state index is 0.540. The van der Waals surface area contributed by atoms with Gasteiger partial charge in [0, 0.05) is 11.8 Å². The minimum Gasteiger partial charge on any atom is -0.396 e. The van der Waals surface area contributed by atoms with E-state index >= 15 is 0 Å². The molecule has 3 heteroatoms. The molecule has 18 heavy (non-hydrogen) atoms. The average molecular weight is 241 g/mol. The predicted molar refractivity (Wildman–Crippen MR) is 74.2 cm³/mol. The van der Waals surface area contributed by atoms with Crippen LogP contribution in [0.15, 0.2) is 36.5 Å². The molecule has 0 aliphatic heterocycles. The van der Waals surface area contributed by atoms with Gasteiger partial charge in [0.1, 0.15) is 5.69 Å². The van der Waals surface area contributed by atoms with Gasteiger partial charge in [0.25, 0.3) is 0 Å². The highest BCUT2D eigenvalue weighted by Gasteiger charge is 2.18. The normalized spacial score (nSPS) is 16.9. The lowest BCUT2D eigenvalue weighted by Crippen LogP contribution is -2.13. The molecule has 1 aliphatic rings. The number of anilines is 1. The molecule has 1 aliphatic carbocycles. The van der Waals surface area contributed by atoms with Crippen LogP contribution in [0.5, 0.6) is 0 Å². The standard InChI is InChI=1S/C15H19N3/c16-14-11-18(13-9-5-2-6-10-13)17-15(14)12-7-3-1-4-8-12/h1,3-4,7-8,11,13H,2,5-6,9-10,16H2. The van der Waals surface area contributed by atoms with Gasteiger partial charge >= 0.3 is 0 Å². The summed E-state index contributed by atoms with van der Waals surface area (Å²) in [7, 11) is 0. The largest absolute Gasteiger partial charge is 0.396 e. The number of nitrogens with two attached hydrogens (primary N) is 1. The summed E-state index contributed by atoms with van der Waals surface area (Å²) in [5.41, 5.74) is 8.90. The van der Waals surface area contributed by atoms with Crippen LogP contribution < -0.4 is 5.73 Å². The Balaban J connectivity index is 1.91. The van der Waals surface area contributed by atoms with Crippen molar-refractivity contribution in [2.75, 3.05) is 5.73 Å². The molecule has 0 bridgehead atoms. The zero-order valence-corrected chi connectivity index (χ0v) is 10.5. The smallest absolute Gasteiger partial charge is 0.115 e. The fourth-order valence-electron chi connectivity index (χ4n) is 2.76. The number of benzene rings is 1. The molecular weight excluding hydrogens is 222 g/mol. The second-order valence-electron chi connectivity index (χ2n) is 5.07. The van der Waals surface area contributed by atoms with Crippen LogP contribution in [0.4, 0.5) is 5.69 Å². The maximum absolute atomic E-state index is 6.10. The number of hydrogen-bond acceptors (Lipinski definition) is 2. The molecule has 1 fully saturated rings. The van der Waals surface area contributed by atoms with Crippen molar-refractivity contribution in [2.45, 2.75) is 38.1 Å². The Hall–Kier alpha value is -1.77. The molecule has 2 aromatic rings. The molecule has 3 nitrogen and oxygen atoms in total. The molecule has 0 radical (unpaired) electrons. The molecule has 1 saturated carbocycles. The maximum Gasteiger partial charge on any atom is 0.115 e. The summed E-state index contributed by atoms with van der Waals surface area (Å²) in [6.07, 6.45) is 8.44. The van der Waals surface area contributed by atoms with Crippen molar-refractivity contribution in [1.29, 1.82) is 0 Å². The van der Waals surface area contributed by atoms with Crippen LogP contribution >= 0.6 is 0 Å². The van der Waals surface area contributed by atoms with E-state index in [2.05, 4.69) is 16.8 Å². The van der Waals surface area contributed by atoms with Crippen LogP contribution in [0, 0.1) is 0 Å². The van der Waals surface area contributed by atoms with E-state index in [0.717, 1.165) is 16.9 Å². The Morgan fingerprint density at radius 1 is 1.06 bits per heavy atom. The zero-order chi connectivity index (χ0) is 12.4. The van der Waals surface area contributed by atoms with Crippen LogP contribution in [-0.4, -0.2) is 9.78 Å². The van der Waals surface area contributed by atoms with Crippen molar-refractivity contribution in [3.05, 3.63) is 36.5 Å². The van der Waals surface area contributed by atoms with E-state index in [1.807, 2.05) is 24.4 Å². The molecule has 0 amide bonds. The van der Waals surface area contributed by atoms with E-state index in [1.165, 1.54) is 32.1 Å². The number of nitrogens with zero attached hydrogens (tertiary/aromatic N) is 2. The van der Waals surface area contributed by atoms with Gasteiger partial charge in [-0.05, 0) is 12.8 Å². The summed E-state index contributed by atoms with van der Waals surface area (Å²) in [5, 5.41) is 4.70.